The van der Waals surface area contributed by atoms with Crippen LogP contribution in [0, 0.1) is 0 Å². The van der Waals surface area contributed by atoms with Gasteiger partial charge >= 0.3 is 5.69 Å². The van der Waals surface area contributed by atoms with Gasteiger partial charge in [0, 0.05) is 31.9 Å². The van der Waals surface area contributed by atoms with Crippen LogP contribution in [-0.2, 0) is 6.54 Å². The van der Waals surface area contributed by atoms with Gasteiger partial charge in [-0.1, -0.05) is 0 Å². The van der Waals surface area contributed by atoms with E-state index < -0.39 is 5.69 Å². The van der Waals surface area contributed by atoms with Gasteiger partial charge in [0.05, 0.1) is 34.3 Å². The van der Waals surface area contributed by atoms with Crippen LogP contribution in [0.15, 0.2) is 44.7 Å². The largest absolute Gasteiger partial charge is 0.497 e. The molecular weight excluding hydrogens is 458 g/mol. The van der Waals surface area contributed by atoms with Gasteiger partial charge in [-0.05, 0) is 58.5 Å². The Balaban J connectivity index is 0.00000324. The summed E-state index contributed by atoms with van der Waals surface area (Å²) in [5, 5.41) is 4.35. The molecule has 4 rings (SSSR count). The van der Waals surface area contributed by atoms with Crippen molar-refractivity contribution >= 4 is 45.3 Å². The fourth-order valence-corrected chi connectivity index (χ4v) is 4.11. The molecule has 0 bridgehead atoms. The van der Waals surface area contributed by atoms with Crippen LogP contribution < -0.4 is 26.7 Å². The smallest absolute Gasteiger partial charge is 0.336 e. The fraction of sp³-hybridized carbons (Fsp3) is 0.375. The van der Waals surface area contributed by atoms with E-state index in [2.05, 4.69) is 5.32 Å². The zero-order valence-corrected chi connectivity index (χ0v) is 20.9. The fourth-order valence-electron chi connectivity index (χ4n) is 4.11. The molecule has 0 aliphatic rings. The molecular formula is C24H30ClN5O4. The third-order valence-electron chi connectivity index (χ3n) is 5.86. The third-order valence-corrected chi connectivity index (χ3v) is 5.86. The summed E-state index contributed by atoms with van der Waals surface area (Å²) < 4.78 is 8.07. The summed E-state index contributed by atoms with van der Waals surface area (Å²) in [6.07, 6.45) is 0. The lowest BCUT2D eigenvalue weighted by atomic mass is 10.0. The van der Waals surface area contributed by atoms with Crippen LogP contribution in [0.2, 0.25) is 0 Å². The molecule has 9 nitrogen and oxygen atoms in total. The van der Waals surface area contributed by atoms with Gasteiger partial charge in [0.15, 0.2) is 5.43 Å². The lowest BCUT2D eigenvalue weighted by Crippen LogP contribution is -2.40. The van der Waals surface area contributed by atoms with Gasteiger partial charge in [-0.15, -0.1) is 12.4 Å². The Kier molecular flexibility index (Phi) is 7.50. The Bertz CT molecular complexity index is 1510. The van der Waals surface area contributed by atoms with Gasteiger partial charge in [-0.25, -0.2) is 4.79 Å². The zero-order valence-electron chi connectivity index (χ0n) is 20.0. The highest BCUT2D eigenvalue weighted by Gasteiger charge is 2.21. The molecule has 2 heterocycles. The van der Waals surface area contributed by atoms with Gasteiger partial charge in [-0.3, -0.25) is 18.6 Å². The topological polar surface area (TPSA) is 88.3 Å². The van der Waals surface area contributed by atoms with E-state index in [1.165, 1.54) is 16.1 Å². The van der Waals surface area contributed by atoms with E-state index in [9.17, 15) is 14.4 Å². The number of hydrogen-bond acceptors (Lipinski definition) is 7. The number of ether oxygens (including phenoxy) is 1. The van der Waals surface area contributed by atoms with E-state index in [0.29, 0.717) is 51.7 Å². The van der Waals surface area contributed by atoms with Gasteiger partial charge in [0.2, 0.25) is 0 Å². The number of hydrogen-bond donors (Lipinski definition) is 1. The first-order valence-corrected chi connectivity index (χ1v) is 10.8. The molecule has 4 aromatic rings. The monoisotopic (exact) mass is 487 g/mol. The minimum atomic E-state index is -0.458. The van der Waals surface area contributed by atoms with E-state index in [1.54, 1.807) is 30.3 Å². The van der Waals surface area contributed by atoms with Crippen LogP contribution >= 0.6 is 12.4 Å². The molecule has 0 radical (unpaired) electrons. The molecule has 0 fully saturated rings. The average Bonchev–Trinajstić information content (AvgIpc) is 2.77. The predicted octanol–water partition coefficient (Wildman–Crippen LogP) is 1.53. The molecule has 2 aromatic carbocycles. The molecule has 0 saturated heterocycles. The Morgan fingerprint density at radius 1 is 0.941 bits per heavy atom. The molecule has 2 aromatic heterocycles. The van der Waals surface area contributed by atoms with Crippen molar-refractivity contribution in [2.24, 2.45) is 0 Å². The molecule has 0 saturated carbocycles. The van der Waals surface area contributed by atoms with Crippen molar-refractivity contribution in [3.8, 4) is 5.75 Å². The Labute approximate surface area is 202 Å². The van der Waals surface area contributed by atoms with Crippen molar-refractivity contribution in [1.29, 1.82) is 0 Å². The number of methoxy groups -OCH3 is 1. The van der Waals surface area contributed by atoms with E-state index in [1.807, 2.05) is 38.0 Å². The second-order valence-corrected chi connectivity index (χ2v) is 8.70. The Morgan fingerprint density at radius 3 is 2.29 bits per heavy atom. The van der Waals surface area contributed by atoms with E-state index >= 15 is 0 Å². The molecule has 0 amide bonds. The molecule has 0 unspecified atom stereocenters. The number of rotatable bonds is 8. The number of anilines is 1. The van der Waals surface area contributed by atoms with Crippen LogP contribution in [0.3, 0.4) is 0 Å². The van der Waals surface area contributed by atoms with Crippen LogP contribution in [-0.4, -0.2) is 73.7 Å². The number of halogens is 1. The average molecular weight is 488 g/mol. The number of nitrogens with zero attached hydrogens (tertiary/aromatic N) is 4. The maximum Gasteiger partial charge on any atom is 0.336 e. The van der Waals surface area contributed by atoms with E-state index in [4.69, 9.17) is 4.74 Å². The van der Waals surface area contributed by atoms with E-state index in [-0.39, 0.29) is 29.9 Å². The van der Waals surface area contributed by atoms with Crippen molar-refractivity contribution in [3.05, 3.63) is 61.4 Å². The van der Waals surface area contributed by atoms with Crippen LogP contribution in [0.5, 0.6) is 5.75 Å². The summed E-state index contributed by atoms with van der Waals surface area (Å²) in [6, 6.07) is 8.50. The van der Waals surface area contributed by atoms with Crippen molar-refractivity contribution in [1.82, 2.24) is 18.8 Å². The molecule has 0 aliphatic heterocycles. The number of aromatic nitrogens is 2. The summed E-state index contributed by atoms with van der Waals surface area (Å²) in [7, 11) is 9.24. The summed E-state index contributed by atoms with van der Waals surface area (Å²) in [4.78, 5) is 44.5. The maximum absolute atomic E-state index is 13.7. The molecule has 1 N–H and O–H groups in total. The van der Waals surface area contributed by atoms with Gasteiger partial charge in [0.1, 0.15) is 5.75 Å². The third kappa shape index (κ3) is 4.34. The summed E-state index contributed by atoms with van der Waals surface area (Å²) in [5.41, 5.74) is 0.308. The first kappa shape index (κ1) is 25.5. The molecule has 0 spiro atoms. The summed E-state index contributed by atoms with van der Waals surface area (Å²) >= 11 is 0. The van der Waals surface area contributed by atoms with Crippen LogP contribution in [0.25, 0.3) is 27.2 Å². The number of benzene rings is 2. The first-order chi connectivity index (χ1) is 15.7. The normalized spacial score (nSPS) is 11.6. The number of nitrogens with one attached hydrogen (secondary N) is 1. The number of pyridine rings is 1. The maximum atomic E-state index is 13.7. The quantitative estimate of drug-likeness (QED) is 0.298. The Morgan fingerprint density at radius 2 is 1.65 bits per heavy atom. The van der Waals surface area contributed by atoms with Crippen molar-refractivity contribution in [2.45, 2.75) is 6.54 Å². The highest BCUT2D eigenvalue weighted by atomic mass is 35.5. The molecule has 182 valence electrons. The minimum Gasteiger partial charge on any atom is -0.497 e. The standard InChI is InChI=1S/C24H29N5O4.ClH/c1-26(2)11-10-25-18-8-7-16-21-20(18)22(30)17-14-15(33-5)6-9-19(17)29(21)24(32)28(23(16)31)13-12-27(3)4;/h6-9,14,25H,10-13H2,1-5H3;1H. The predicted molar refractivity (Wildman–Crippen MR) is 140 cm³/mol. The van der Waals surface area contributed by atoms with Gasteiger partial charge < -0.3 is 19.9 Å². The van der Waals surface area contributed by atoms with Gasteiger partial charge in [-0.2, -0.15) is 0 Å². The van der Waals surface area contributed by atoms with E-state index in [0.717, 1.165) is 6.54 Å². The number of fused-ring (bicyclic) bond motifs is 2. The minimum absolute atomic E-state index is 0. The zero-order chi connectivity index (χ0) is 23.9. The highest BCUT2D eigenvalue weighted by molar-refractivity contribution is 6.07. The highest BCUT2D eigenvalue weighted by Crippen LogP contribution is 2.28. The second-order valence-electron chi connectivity index (χ2n) is 8.70. The SMILES string of the molecule is COc1ccc2c(c1)c(=O)c1c(NCCN(C)C)ccc3c(=O)n(CCN(C)C)c(=O)n2c31.Cl. The van der Waals surface area contributed by atoms with Crippen LogP contribution in [0.4, 0.5) is 5.69 Å². The van der Waals surface area contributed by atoms with Crippen molar-refractivity contribution < 1.29 is 4.74 Å². The second kappa shape index (κ2) is 10.0. The molecule has 0 atom stereocenters. The van der Waals surface area contributed by atoms with Crippen molar-refractivity contribution in [3.63, 3.8) is 0 Å². The first-order valence-electron chi connectivity index (χ1n) is 10.8. The summed E-state index contributed by atoms with van der Waals surface area (Å²) in [5.74, 6) is 0.522. The lowest BCUT2D eigenvalue weighted by molar-refractivity contribution is 0.376. The summed E-state index contributed by atoms with van der Waals surface area (Å²) in [6.45, 7) is 2.15. The molecule has 0 aliphatic carbocycles. The molecule has 10 heteroatoms. The van der Waals surface area contributed by atoms with Gasteiger partial charge in [0.25, 0.3) is 5.56 Å². The lowest BCUT2D eigenvalue weighted by Gasteiger charge is -2.18. The Hall–Kier alpha value is -3.14. The van der Waals surface area contributed by atoms with Crippen LogP contribution in [0.1, 0.15) is 0 Å². The number of likely N-dealkylation sites (N-methyl/N-ethyl adjacent to an activating group) is 2. The molecule has 34 heavy (non-hydrogen) atoms. The van der Waals surface area contributed by atoms with Crippen molar-refractivity contribution in [2.75, 3.05) is 60.3 Å².